The van der Waals surface area contributed by atoms with E-state index in [4.69, 9.17) is 0 Å². The molecule has 1 unspecified atom stereocenters. The Morgan fingerprint density at radius 1 is 1.38 bits per heavy atom. The first-order valence-electron chi connectivity index (χ1n) is 5.86. The second-order valence-corrected chi connectivity index (χ2v) is 4.97. The summed E-state index contributed by atoms with van der Waals surface area (Å²) in [5.74, 6) is -0.192. The van der Waals surface area contributed by atoms with Gasteiger partial charge < -0.3 is 5.11 Å². The zero-order valence-corrected chi connectivity index (χ0v) is 10.4. The summed E-state index contributed by atoms with van der Waals surface area (Å²) in [6, 6.07) is 4.87. The van der Waals surface area contributed by atoms with Crippen LogP contribution < -0.4 is 0 Å². The van der Waals surface area contributed by atoms with E-state index in [9.17, 15) is 9.50 Å². The molecule has 1 aromatic rings. The Bertz CT molecular complexity index is 349. The molecule has 0 aliphatic rings. The van der Waals surface area contributed by atoms with Gasteiger partial charge in [0.1, 0.15) is 5.82 Å². The van der Waals surface area contributed by atoms with Crippen LogP contribution in [-0.4, -0.2) is 11.7 Å². The highest BCUT2D eigenvalue weighted by molar-refractivity contribution is 5.27. The van der Waals surface area contributed by atoms with Crippen LogP contribution in [0.1, 0.15) is 37.8 Å². The van der Waals surface area contributed by atoms with Gasteiger partial charge in [-0.25, -0.2) is 4.39 Å². The third-order valence-electron chi connectivity index (χ3n) is 3.16. The maximum atomic E-state index is 13.0. The summed E-state index contributed by atoms with van der Waals surface area (Å²) >= 11 is 0. The van der Waals surface area contributed by atoms with Gasteiger partial charge in [0.2, 0.25) is 0 Å². The molecular weight excluding hydrogens is 203 g/mol. The van der Waals surface area contributed by atoms with Crippen LogP contribution >= 0.6 is 0 Å². The van der Waals surface area contributed by atoms with Gasteiger partial charge in [0, 0.05) is 6.61 Å². The van der Waals surface area contributed by atoms with Crippen molar-refractivity contribution >= 4 is 0 Å². The molecule has 0 radical (unpaired) electrons. The van der Waals surface area contributed by atoms with Crippen LogP contribution in [0, 0.1) is 18.2 Å². The zero-order chi connectivity index (χ0) is 12.2. The Labute approximate surface area is 97.3 Å². The van der Waals surface area contributed by atoms with Crippen molar-refractivity contribution in [3.8, 4) is 0 Å². The highest BCUT2D eigenvalue weighted by Crippen LogP contribution is 2.29. The third-order valence-corrected chi connectivity index (χ3v) is 3.16. The molecule has 1 rings (SSSR count). The summed E-state index contributed by atoms with van der Waals surface area (Å²) in [4.78, 5) is 0. The molecule has 1 N–H and O–H groups in total. The molecule has 0 aliphatic heterocycles. The fraction of sp³-hybridized carbons (Fsp3) is 0.571. The van der Waals surface area contributed by atoms with E-state index in [1.165, 1.54) is 6.07 Å². The van der Waals surface area contributed by atoms with E-state index in [0.717, 1.165) is 30.4 Å². The lowest BCUT2D eigenvalue weighted by Crippen LogP contribution is -2.24. The molecule has 1 aromatic carbocycles. The highest BCUT2D eigenvalue weighted by Gasteiger charge is 2.23. The quantitative estimate of drug-likeness (QED) is 0.812. The number of hydrogen-bond acceptors (Lipinski definition) is 1. The average Bonchev–Trinajstić information content (AvgIpc) is 2.23. The lowest BCUT2D eigenvalue weighted by molar-refractivity contribution is 0.131. The Morgan fingerprint density at radius 2 is 2.06 bits per heavy atom. The topological polar surface area (TPSA) is 20.2 Å². The van der Waals surface area contributed by atoms with Crippen LogP contribution in [0.2, 0.25) is 0 Å². The average molecular weight is 224 g/mol. The van der Waals surface area contributed by atoms with Gasteiger partial charge in [0.25, 0.3) is 0 Å². The van der Waals surface area contributed by atoms with Crippen molar-refractivity contribution in [3.63, 3.8) is 0 Å². The van der Waals surface area contributed by atoms with Gasteiger partial charge in [-0.2, -0.15) is 0 Å². The fourth-order valence-electron chi connectivity index (χ4n) is 2.14. The summed E-state index contributed by atoms with van der Waals surface area (Å²) in [6.07, 6.45) is 2.85. The molecule has 90 valence electrons. The smallest absolute Gasteiger partial charge is 0.123 e. The van der Waals surface area contributed by atoms with E-state index in [2.05, 4.69) is 13.8 Å². The largest absolute Gasteiger partial charge is 0.396 e. The van der Waals surface area contributed by atoms with Gasteiger partial charge >= 0.3 is 0 Å². The van der Waals surface area contributed by atoms with Gasteiger partial charge in [0.15, 0.2) is 0 Å². The molecule has 2 heteroatoms. The third kappa shape index (κ3) is 3.31. The van der Waals surface area contributed by atoms with E-state index in [-0.39, 0.29) is 17.8 Å². The van der Waals surface area contributed by atoms with E-state index < -0.39 is 0 Å². The predicted molar refractivity (Wildman–Crippen MR) is 64.9 cm³/mol. The van der Waals surface area contributed by atoms with Crippen LogP contribution in [0.4, 0.5) is 4.39 Å². The molecule has 0 heterocycles. The SMILES string of the molecule is CCCC(C)(CO)Cc1ccc(F)cc1C. The maximum absolute atomic E-state index is 13.0. The number of benzene rings is 1. The minimum atomic E-state index is -0.192. The van der Waals surface area contributed by atoms with Gasteiger partial charge in [-0.05, 0) is 48.4 Å². The molecule has 0 saturated heterocycles. The summed E-state index contributed by atoms with van der Waals surface area (Å²) in [6.45, 7) is 6.30. The van der Waals surface area contributed by atoms with Crippen molar-refractivity contribution in [3.05, 3.63) is 35.1 Å². The molecule has 0 aromatic heterocycles. The second-order valence-electron chi connectivity index (χ2n) is 4.97. The monoisotopic (exact) mass is 224 g/mol. The van der Waals surface area contributed by atoms with Crippen molar-refractivity contribution in [2.75, 3.05) is 6.61 Å². The molecule has 0 aliphatic carbocycles. The molecule has 16 heavy (non-hydrogen) atoms. The molecule has 0 saturated carbocycles. The number of aliphatic hydroxyl groups is 1. The molecular formula is C14H21FO. The Morgan fingerprint density at radius 3 is 2.56 bits per heavy atom. The molecule has 0 spiro atoms. The number of aliphatic hydroxyl groups excluding tert-OH is 1. The van der Waals surface area contributed by atoms with Gasteiger partial charge in [-0.1, -0.05) is 26.3 Å². The van der Waals surface area contributed by atoms with Gasteiger partial charge in [-0.3, -0.25) is 0 Å². The molecule has 0 bridgehead atoms. The van der Waals surface area contributed by atoms with Crippen molar-refractivity contribution < 1.29 is 9.50 Å². The predicted octanol–water partition coefficient (Wildman–Crippen LogP) is 3.48. The van der Waals surface area contributed by atoms with Crippen molar-refractivity contribution in [1.29, 1.82) is 0 Å². The van der Waals surface area contributed by atoms with Crippen LogP contribution in [0.15, 0.2) is 18.2 Å². The minimum absolute atomic E-state index is 0.0860. The van der Waals surface area contributed by atoms with Crippen LogP contribution in [0.3, 0.4) is 0 Å². The number of aryl methyl sites for hydroxylation is 1. The minimum Gasteiger partial charge on any atom is -0.396 e. The number of rotatable bonds is 5. The lowest BCUT2D eigenvalue weighted by atomic mass is 9.79. The summed E-state index contributed by atoms with van der Waals surface area (Å²) in [5.41, 5.74) is 2.01. The first-order valence-corrected chi connectivity index (χ1v) is 5.86. The Balaban J connectivity index is 2.85. The normalized spacial score (nSPS) is 14.8. The van der Waals surface area contributed by atoms with E-state index in [1.807, 2.05) is 13.0 Å². The van der Waals surface area contributed by atoms with Crippen LogP contribution in [0.5, 0.6) is 0 Å². The fourth-order valence-corrected chi connectivity index (χ4v) is 2.14. The maximum Gasteiger partial charge on any atom is 0.123 e. The number of hydrogen-bond donors (Lipinski definition) is 1. The van der Waals surface area contributed by atoms with Crippen molar-refractivity contribution in [2.45, 2.75) is 40.0 Å². The van der Waals surface area contributed by atoms with Crippen LogP contribution in [0.25, 0.3) is 0 Å². The Hall–Kier alpha value is -0.890. The van der Waals surface area contributed by atoms with E-state index in [0.29, 0.717) is 0 Å². The van der Waals surface area contributed by atoms with Crippen molar-refractivity contribution in [2.24, 2.45) is 5.41 Å². The molecule has 1 atom stereocenters. The zero-order valence-electron chi connectivity index (χ0n) is 10.4. The summed E-state index contributed by atoms with van der Waals surface area (Å²) in [7, 11) is 0. The molecule has 1 nitrogen and oxygen atoms in total. The highest BCUT2D eigenvalue weighted by atomic mass is 19.1. The second kappa shape index (κ2) is 5.44. The summed E-state index contributed by atoms with van der Waals surface area (Å²) < 4.78 is 13.0. The van der Waals surface area contributed by atoms with Crippen molar-refractivity contribution in [1.82, 2.24) is 0 Å². The standard InChI is InChI=1S/C14H21FO/c1-4-7-14(3,10-16)9-12-5-6-13(15)8-11(12)2/h5-6,8,16H,4,7,9-10H2,1-3H3. The first kappa shape index (κ1) is 13.2. The first-order chi connectivity index (χ1) is 7.50. The van der Waals surface area contributed by atoms with Gasteiger partial charge in [-0.15, -0.1) is 0 Å². The molecule has 0 fully saturated rings. The summed E-state index contributed by atoms with van der Waals surface area (Å²) in [5, 5.41) is 9.45. The van der Waals surface area contributed by atoms with E-state index >= 15 is 0 Å². The molecule has 0 amide bonds. The number of halogens is 1. The Kier molecular flexibility index (Phi) is 4.48. The lowest BCUT2D eigenvalue weighted by Gasteiger charge is -2.27. The van der Waals surface area contributed by atoms with Gasteiger partial charge in [0.05, 0.1) is 0 Å². The van der Waals surface area contributed by atoms with Crippen LogP contribution in [-0.2, 0) is 6.42 Å². The van der Waals surface area contributed by atoms with E-state index in [1.54, 1.807) is 6.07 Å².